The van der Waals surface area contributed by atoms with Crippen LogP contribution in [0.3, 0.4) is 0 Å². The third-order valence-corrected chi connectivity index (χ3v) is 1.92. The van der Waals surface area contributed by atoms with Crippen molar-refractivity contribution in [2.75, 3.05) is 13.1 Å². The summed E-state index contributed by atoms with van der Waals surface area (Å²) < 4.78 is 0. The third kappa shape index (κ3) is 3.86. The molecule has 0 aliphatic carbocycles. The highest BCUT2D eigenvalue weighted by Crippen LogP contribution is 2.03. The van der Waals surface area contributed by atoms with Crippen LogP contribution >= 0.6 is 0 Å². The van der Waals surface area contributed by atoms with Gasteiger partial charge in [0.15, 0.2) is 0 Å². The van der Waals surface area contributed by atoms with Crippen molar-refractivity contribution in [2.45, 2.75) is 27.2 Å². The van der Waals surface area contributed by atoms with E-state index in [1.54, 1.807) is 4.90 Å². The zero-order valence-corrected chi connectivity index (χ0v) is 7.63. The number of primary amides is 1. The molecule has 1 atom stereocenters. The zero-order valence-electron chi connectivity index (χ0n) is 7.63. The molecule has 0 bridgehead atoms. The highest BCUT2D eigenvalue weighted by Gasteiger charge is 2.09. The van der Waals surface area contributed by atoms with E-state index in [9.17, 15) is 4.79 Å². The number of hydrogen-bond donors (Lipinski definition) is 1. The predicted molar refractivity (Wildman–Crippen MR) is 46.3 cm³/mol. The van der Waals surface area contributed by atoms with E-state index in [2.05, 4.69) is 13.8 Å². The van der Waals surface area contributed by atoms with Gasteiger partial charge in [-0.15, -0.1) is 0 Å². The minimum Gasteiger partial charge on any atom is -0.351 e. The molecule has 0 fully saturated rings. The Bertz CT molecular complexity index is 125. The van der Waals surface area contributed by atoms with Gasteiger partial charge in [0, 0.05) is 13.1 Å². The van der Waals surface area contributed by atoms with E-state index < -0.39 is 0 Å². The Balaban J connectivity index is 3.77. The Morgan fingerprint density at radius 1 is 1.55 bits per heavy atom. The van der Waals surface area contributed by atoms with Crippen LogP contribution in [0.2, 0.25) is 0 Å². The van der Waals surface area contributed by atoms with Crippen molar-refractivity contribution in [1.82, 2.24) is 4.90 Å². The standard InChI is InChI=1S/C8H18N2O/c1-4-7(3)6-10(5-2)8(9)11/h7H,4-6H2,1-3H3,(H2,9,11). The normalized spacial score (nSPS) is 12.6. The SMILES string of the molecule is CCC(C)CN(CC)C(N)=O. The molecule has 0 saturated heterocycles. The van der Waals surface area contributed by atoms with E-state index in [1.165, 1.54) is 0 Å². The van der Waals surface area contributed by atoms with Crippen molar-refractivity contribution in [3.63, 3.8) is 0 Å². The molecule has 0 aliphatic rings. The van der Waals surface area contributed by atoms with Crippen molar-refractivity contribution in [1.29, 1.82) is 0 Å². The summed E-state index contributed by atoms with van der Waals surface area (Å²) in [4.78, 5) is 12.4. The summed E-state index contributed by atoms with van der Waals surface area (Å²) >= 11 is 0. The summed E-state index contributed by atoms with van der Waals surface area (Å²) in [5.74, 6) is 0.544. The van der Waals surface area contributed by atoms with Crippen LogP contribution < -0.4 is 5.73 Å². The van der Waals surface area contributed by atoms with Gasteiger partial charge in [-0.2, -0.15) is 0 Å². The van der Waals surface area contributed by atoms with Crippen LogP contribution in [0.1, 0.15) is 27.2 Å². The Morgan fingerprint density at radius 2 is 2.09 bits per heavy atom. The number of amides is 2. The number of rotatable bonds is 4. The molecule has 0 rings (SSSR count). The highest BCUT2D eigenvalue weighted by molar-refractivity contribution is 5.71. The lowest BCUT2D eigenvalue weighted by Crippen LogP contribution is -2.38. The van der Waals surface area contributed by atoms with E-state index in [1.807, 2.05) is 6.92 Å². The van der Waals surface area contributed by atoms with Gasteiger partial charge in [0.25, 0.3) is 0 Å². The largest absolute Gasteiger partial charge is 0.351 e. The third-order valence-electron chi connectivity index (χ3n) is 1.92. The fourth-order valence-corrected chi connectivity index (χ4v) is 0.880. The van der Waals surface area contributed by atoms with Crippen LogP contribution in [0.25, 0.3) is 0 Å². The topological polar surface area (TPSA) is 46.3 Å². The lowest BCUT2D eigenvalue weighted by Gasteiger charge is -2.21. The molecule has 0 aliphatic heterocycles. The van der Waals surface area contributed by atoms with Gasteiger partial charge in [-0.1, -0.05) is 20.3 Å². The van der Waals surface area contributed by atoms with E-state index in [0.29, 0.717) is 12.5 Å². The minimum absolute atomic E-state index is 0.312. The average molecular weight is 158 g/mol. The first-order valence-corrected chi connectivity index (χ1v) is 4.16. The first kappa shape index (κ1) is 10.3. The monoisotopic (exact) mass is 158 g/mol. The fourth-order valence-electron chi connectivity index (χ4n) is 0.880. The highest BCUT2D eigenvalue weighted by atomic mass is 16.2. The maximum Gasteiger partial charge on any atom is 0.314 e. The number of nitrogens with two attached hydrogens (primary N) is 1. The van der Waals surface area contributed by atoms with Gasteiger partial charge in [-0.25, -0.2) is 4.79 Å². The van der Waals surface area contributed by atoms with Crippen LogP contribution in [-0.4, -0.2) is 24.0 Å². The summed E-state index contributed by atoms with van der Waals surface area (Å²) in [7, 11) is 0. The van der Waals surface area contributed by atoms with Crippen LogP contribution in [0.15, 0.2) is 0 Å². The first-order valence-electron chi connectivity index (χ1n) is 4.16. The zero-order chi connectivity index (χ0) is 8.85. The van der Waals surface area contributed by atoms with Gasteiger partial charge in [-0.3, -0.25) is 0 Å². The Hall–Kier alpha value is -0.730. The lowest BCUT2D eigenvalue weighted by molar-refractivity contribution is 0.201. The number of hydrogen-bond acceptors (Lipinski definition) is 1. The van der Waals surface area contributed by atoms with Crippen molar-refractivity contribution in [3.05, 3.63) is 0 Å². The molecule has 1 unspecified atom stereocenters. The molecule has 0 aromatic carbocycles. The van der Waals surface area contributed by atoms with Crippen LogP contribution in [0.5, 0.6) is 0 Å². The van der Waals surface area contributed by atoms with Gasteiger partial charge >= 0.3 is 6.03 Å². The summed E-state index contributed by atoms with van der Waals surface area (Å²) in [6.07, 6.45) is 1.09. The molecule has 2 amide bonds. The molecule has 66 valence electrons. The smallest absolute Gasteiger partial charge is 0.314 e. The summed E-state index contributed by atoms with van der Waals surface area (Å²) in [6, 6.07) is -0.312. The second-order valence-electron chi connectivity index (χ2n) is 2.89. The molecular weight excluding hydrogens is 140 g/mol. The lowest BCUT2D eigenvalue weighted by atomic mass is 10.1. The quantitative estimate of drug-likeness (QED) is 0.661. The molecule has 3 nitrogen and oxygen atoms in total. The number of nitrogens with zero attached hydrogens (tertiary/aromatic N) is 1. The molecular formula is C8H18N2O. The van der Waals surface area contributed by atoms with E-state index in [4.69, 9.17) is 5.73 Å². The van der Waals surface area contributed by atoms with Crippen LogP contribution in [-0.2, 0) is 0 Å². The van der Waals surface area contributed by atoms with E-state index >= 15 is 0 Å². The molecule has 0 radical (unpaired) electrons. The Morgan fingerprint density at radius 3 is 2.36 bits per heavy atom. The molecule has 2 N–H and O–H groups in total. The number of urea groups is 1. The van der Waals surface area contributed by atoms with Crippen LogP contribution in [0.4, 0.5) is 4.79 Å². The first-order chi connectivity index (χ1) is 5.11. The molecule has 11 heavy (non-hydrogen) atoms. The second-order valence-corrected chi connectivity index (χ2v) is 2.89. The molecule has 0 aromatic rings. The average Bonchev–Trinajstić information content (AvgIpc) is 1.99. The molecule has 0 saturated carbocycles. The van der Waals surface area contributed by atoms with Crippen molar-refractivity contribution >= 4 is 6.03 Å². The Labute approximate surface area is 68.6 Å². The van der Waals surface area contributed by atoms with Gasteiger partial charge in [0.1, 0.15) is 0 Å². The van der Waals surface area contributed by atoms with Gasteiger partial charge in [0.2, 0.25) is 0 Å². The maximum atomic E-state index is 10.7. The van der Waals surface area contributed by atoms with E-state index in [0.717, 1.165) is 13.0 Å². The van der Waals surface area contributed by atoms with Gasteiger partial charge in [-0.05, 0) is 12.8 Å². The molecule has 0 heterocycles. The summed E-state index contributed by atoms with van der Waals surface area (Å²) in [6.45, 7) is 7.65. The summed E-state index contributed by atoms with van der Waals surface area (Å²) in [5.41, 5.74) is 5.14. The molecule has 3 heteroatoms. The van der Waals surface area contributed by atoms with Crippen molar-refractivity contribution in [2.24, 2.45) is 11.7 Å². The van der Waals surface area contributed by atoms with E-state index in [-0.39, 0.29) is 6.03 Å². The fraction of sp³-hybridized carbons (Fsp3) is 0.875. The second kappa shape index (κ2) is 4.99. The van der Waals surface area contributed by atoms with Gasteiger partial charge in [0.05, 0.1) is 0 Å². The maximum absolute atomic E-state index is 10.7. The van der Waals surface area contributed by atoms with Crippen LogP contribution in [0, 0.1) is 5.92 Å². The molecule has 0 aromatic heterocycles. The van der Waals surface area contributed by atoms with Crippen molar-refractivity contribution < 1.29 is 4.79 Å². The Kier molecular flexibility index (Phi) is 4.66. The molecule has 0 spiro atoms. The number of carbonyl (C=O) groups is 1. The van der Waals surface area contributed by atoms with Gasteiger partial charge < -0.3 is 10.6 Å². The predicted octanol–water partition coefficient (Wildman–Crippen LogP) is 1.43. The number of carbonyl (C=O) groups excluding carboxylic acids is 1. The van der Waals surface area contributed by atoms with Crippen molar-refractivity contribution in [3.8, 4) is 0 Å². The summed E-state index contributed by atoms with van der Waals surface area (Å²) in [5, 5.41) is 0. The minimum atomic E-state index is -0.312.